The number of pyridine rings is 1. The van der Waals surface area contributed by atoms with Crippen molar-refractivity contribution in [1.82, 2.24) is 9.97 Å². The summed E-state index contributed by atoms with van der Waals surface area (Å²) in [4.78, 5) is 22.2. The maximum Gasteiger partial charge on any atom is 0.178 e. The molecule has 0 unspecified atom stereocenters. The smallest absolute Gasteiger partial charge is 0.178 e. The second kappa shape index (κ2) is 5.98. The van der Waals surface area contributed by atoms with E-state index in [2.05, 4.69) is 22.1 Å². The normalized spacial score (nSPS) is 10.4. The van der Waals surface area contributed by atoms with Crippen molar-refractivity contribution in [1.29, 1.82) is 0 Å². The Morgan fingerprint density at radius 3 is 2.70 bits per heavy atom. The van der Waals surface area contributed by atoms with Crippen molar-refractivity contribution in [3.05, 3.63) is 60.0 Å². The van der Waals surface area contributed by atoms with Crippen LogP contribution in [-0.2, 0) is 0 Å². The molecule has 0 atom stereocenters. The van der Waals surface area contributed by atoms with E-state index in [0.29, 0.717) is 5.01 Å². The van der Waals surface area contributed by atoms with Crippen LogP contribution in [0, 0.1) is 0 Å². The van der Waals surface area contributed by atoms with Gasteiger partial charge in [0.1, 0.15) is 0 Å². The van der Waals surface area contributed by atoms with Crippen molar-refractivity contribution in [2.45, 2.75) is 9.79 Å². The van der Waals surface area contributed by atoms with Crippen molar-refractivity contribution in [3.63, 3.8) is 0 Å². The maximum absolute atomic E-state index is 10.8. The van der Waals surface area contributed by atoms with E-state index >= 15 is 0 Å². The number of carbonyl (C=O) groups excluding carboxylic acids is 1. The van der Waals surface area contributed by atoms with Crippen LogP contribution in [0.5, 0.6) is 0 Å². The molecule has 0 N–H and O–H groups in total. The Hall–Kier alpha value is -1.98. The minimum absolute atomic E-state index is 0.486. The fourth-order valence-corrected chi connectivity index (χ4v) is 3.51. The molecule has 0 radical (unpaired) electrons. The molecular formula is C15H10N2OS2. The molecule has 0 aliphatic heterocycles. The van der Waals surface area contributed by atoms with E-state index < -0.39 is 0 Å². The van der Waals surface area contributed by atoms with Crippen LogP contribution < -0.4 is 0 Å². The number of thiazole rings is 1. The first kappa shape index (κ1) is 13.0. The van der Waals surface area contributed by atoms with E-state index in [1.165, 1.54) is 16.2 Å². The third-order valence-electron chi connectivity index (χ3n) is 2.64. The van der Waals surface area contributed by atoms with Gasteiger partial charge >= 0.3 is 0 Å². The van der Waals surface area contributed by atoms with Gasteiger partial charge in [-0.1, -0.05) is 30.0 Å². The van der Waals surface area contributed by atoms with Crippen molar-refractivity contribution in [2.24, 2.45) is 0 Å². The molecular weight excluding hydrogens is 288 g/mol. The van der Waals surface area contributed by atoms with Gasteiger partial charge in [0, 0.05) is 33.9 Å². The van der Waals surface area contributed by atoms with E-state index in [9.17, 15) is 4.79 Å². The van der Waals surface area contributed by atoms with Crippen LogP contribution in [0.4, 0.5) is 0 Å². The number of carbonyl (C=O) groups is 1. The first-order valence-electron chi connectivity index (χ1n) is 5.95. The molecule has 3 nitrogen and oxygen atoms in total. The lowest BCUT2D eigenvalue weighted by atomic mass is 10.2. The summed E-state index contributed by atoms with van der Waals surface area (Å²) in [7, 11) is 0. The lowest BCUT2D eigenvalue weighted by Crippen LogP contribution is -1.82. The summed E-state index contributed by atoms with van der Waals surface area (Å²) in [5.41, 5.74) is 1.01. The summed E-state index contributed by atoms with van der Waals surface area (Å²) >= 11 is 3.05. The summed E-state index contributed by atoms with van der Waals surface area (Å²) in [5.74, 6) is 0. The molecule has 98 valence electrons. The van der Waals surface area contributed by atoms with Gasteiger partial charge in [-0.05, 0) is 18.2 Å². The molecule has 0 spiro atoms. The highest BCUT2D eigenvalue weighted by molar-refractivity contribution is 7.99. The van der Waals surface area contributed by atoms with Crippen molar-refractivity contribution >= 4 is 29.4 Å². The van der Waals surface area contributed by atoms with Crippen LogP contribution in [0.2, 0.25) is 0 Å². The highest BCUT2D eigenvalue weighted by Gasteiger charge is 2.10. The van der Waals surface area contributed by atoms with Gasteiger partial charge in [-0.3, -0.25) is 9.78 Å². The van der Waals surface area contributed by atoms with E-state index in [1.807, 2.05) is 30.5 Å². The first-order valence-corrected chi connectivity index (χ1v) is 7.58. The minimum Gasteiger partial charge on any atom is -0.295 e. The average molecular weight is 298 g/mol. The lowest BCUT2D eigenvalue weighted by Gasteiger charge is -2.06. The van der Waals surface area contributed by atoms with E-state index in [-0.39, 0.29) is 0 Å². The molecule has 2 heterocycles. The molecule has 20 heavy (non-hydrogen) atoms. The molecule has 0 saturated heterocycles. The monoisotopic (exact) mass is 298 g/mol. The Morgan fingerprint density at radius 2 is 1.95 bits per heavy atom. The van der Waals surface area contributed by atoms with Gasteiger partial charge in [0.15, 0.2) is 11.3 Å². The molecule has 1 aromatic carbocycles. The molecule has 2 aromatic heterocycles. The second-order valence-electron chi connectivity index (χ2n) is 3.97. The summed E-state index contributed by atoms with van der Waals surface area (Å²) < 4.78 is 0. The Balaban J connectivity index is 1.98. The zero-order chi connectivity index (χ0) is 13.8. The first-order chi connectivity index (χ1) is 9.86. The number of hydrogen-bond donors (Lipinski definition) is 0. The predicted molar refractivity (Wildman–Crippen MR) is 81.3 cm³/mol. The summed E-state index contributed by atoms with van der Waals surface area (Å²) in [6.45, 7) is 0. The van der Waals surface area contributed by atoms with Gasteiger partial charge in [-0.15, -0.1) is 11.3 Å². The van der Waals surface area contributed by atoms with Crippen LogP contribution in [0.15, 0.2) is 64.8 Å². The molecule has 0 aliphatic carbocycles. The molecule has 0 bridgehead atoms. The predicted octanol–water partition coefficient (Wildman–Crippen LogP) is 4.17. The number of benzene rings is 1. The Bertz CT molecular complexity index is 726. The fraction of sp³-hybridized carbons (Fsp3) is 0. The molecule has 0 amide bonds. The van der Waals surface area contributed by atoms with Crippen LogP contribution in [0.25, 0.3) is 10.4 Å². The van der Waals surface area contributed by atoms with Crippen LogP contribution >= 0.6 is 23.1 Å². The topological polar surface area (TPSA) is 42.9 Å². The van der Waals surface area contributed by atoms with Crippen LogP contribution in [0.1, 0.15) is 9.80 Å². The molecule has 0 saturated carbocycles. The Kier molecular flexibility index (Phi) is 3.90. The quantitative estimate of drug-likeness (QED) is 0.678. The van der Waals surface area contributed by atoms with Gasteiger partial charge < -0.3 is 0 Å². The number of nitrogens with zero attached hydrogens (tertiary/aromatic N) is 2. The fourth-order valence-electron chi connectivity index (χ4n) is 1.74. The highest BCUT2D eigenvalue weighted by atomic mass is 32.2. The molecule has 3 rings (SSSR count). The van der Waals surface area contributed by atoms with Crippen molar-refractivity contribution in [2.75, 3.05) is 0 Å². The third-order valence-corrected chi connectivity index (χ3v) is 4.68. The highest BCUT2D eigenvalue weighted by Crippen LogP contribution is 2.37. The number of aldehydes is 1. The third kappa shape index (κ3) is 2.79. The summed E-state index contributed by atoms with van der Waals surface area (Å²) in [6.07, 6.45) is 6.08. The van der Waals surface area contributed by atoms with Gasteiger partial charge in [-0.2, -0.15) is 0 Å². The molecule has 0 aliphatic rings. The zero-order valence-corrected chi connectivity index (χ0v) is 12.0. The molecule has 0 fully saturated rings. The zero-order valence-electron chi connectivity index (χ0n) is 10.4. The van der Waals surface area contributed by atoms with Gasteiger partial charge in [0.25, 0.3) is 0 Å². The standard InChI is InChI=1S/C15H10N2OS2/c18-10-15-17-9-14(20-15)12-8-16-7-6-13(12)19-11-4-2-1-3-5-11/h1-10H. The second-order valence-corrected chi connectivity index (χ2v) is 6.15. The Labute approximate surface area is 124 Å². The number of rotatable bonds is 4. The van der Waals surface area contributed by atoms with Crippen LogP contribution in [0.3, 0.4) is 0 Å². The number of hydrogen-bond acceptors (Lipinski definition) is 5. The van der Waals surface area contributed by atoms with Crippen molar-refractivity contribution < 1.29 is 4.79 Å². The molecule has 5 heteroatoms. The maximum atomic E-state index is 10.8. The SMILES string of the molecule is O=Cc1ncc(-c2cnccc2Sc2ccccc2)s1. The van der Waals surface area contributed by atoms with Gasteiger partial charge in [0.05, 0.1) is 4.88 Å². The van der Waals surface area contributed by atoms with E-state index in [1.54, 1.807) is 24.2 Å². The van der Waals surface area contributed by atoms with Crippen molar-refractivity contribution in [3.8, 4) is 10.4 Å². The minimum atomic E-state index is 0.486. The lowest BCUT2D eigenvalue weighted by molar-refractivity contribution is 0.112. The molecule has 3 aromatic rings. The van der Waals surface area contributed by atoms with E-state index in [0.717, 1.165) is 21.6 Å². The van der Waals surface area contributed by atoms with Crippen LogP contribution in [-0.4, -0.2) is 16.3 Å². The Morgan fingerprint density at radius 1 is 1.10 bits per heavy atom. The van der Waals surface area contributed by atoms with Gasteiger partial charge in [0.2, 0.25) is 0 Å². The average Bonchev–Trinajstić information content (AvgIpc) is 2.98. The van der Waals surface area contributed by atoms with E-state index in [4.69, 9.17) is 0 Å². The van der Waals surface area contributed by atoms with Gasteiger partial charge in [-0.25, -0.2) is 4.98 Å². The summed E-state index contributed by atoms with van der Waals surface area (Å²) in [5, 5.41) is 0.486. The summed E-state index contributed by atoms with van der Waals surface area (Å²) in [6, 6.07) is 12.1. The largest absolute Gasteiger partial charge is 0.295 e. The number of aromatic nitrogens is 2.